The Labute approximate surface area is 144 Å². The van der Waals surface area contributed by atoms with Gasteiger partial charge >= 0.3 is 6.03 Å². The number of nitro groups is 1. The van der Waals surface area contributed by atoms with Gasteiger partial charge in [0.15, 0.2) is 0 Å². The summed E-state index contributed by atoms with van der Waals surface area (Å²) in [6.07, 6.45) is 0.117. The molecule has 9 nitrogen and oxygen atoms in total. The molecule has 1 aromatic carbocycles. The van der Waals surface area contributed by atoms with Crippen molar-refractivity contribution >= 4 is 23.3 Å². The number of imide groups is 1. The number of fused-ring (bicyclic) bond motifs is 3. The highest BCUT2D eigenvalue weighted by molar-refractivity contribution is 5.96. The highest BCUT2D eigenvalue weighted by Gasteiger charge is 2.44. The van der Waals surface area contributed by atoms with Gasteiger partial charge in [0.25, 0.3) is 5.69 Å². The van der Waals surface area contributed by atoms with Crippen molar-refractivity contribution in [1.29, 1.82) is 0 Å². The third kappa shape index (κ3) is 3.14. The fraction of sp³-hybridized carbons (Fsp3) is 0.500. The molecule has 3 amide bonds. The summed E-state index contributed by atoms with van der Waals surface area (Å²) in [5, 5.41) is 15.7. The Morgan fingerprint density at radius 1 is 1.40 bits per heavy atom. The van der Waals surface area contributed by atoms with Crippen LogP contribution in [0.25, 0.3) is 0 Å². The van der Waals surface area contributed by atoms with Crippen LogP contribution >= 0.6 is 0 Å². The molecular formula is C16H20N4O5. The van der Waals surface area contributed by atoms with Crippen molar-refractivity contribution < 1.29 is 19.2 Å². The molecule has 1 saturated heterocycles. The van der Waals surface area contributed by atoms with E-state index in [0.717, 1.165) is 11.3 Å². The molecule has 2 heterocycles. The molecule has 3 rings (SSSR count). The zero-order chi connectivity index (χ0) is 18.1. The standard InChI is InChI=1S/C16H20N4O5/c1-9-14-12(15(21)18-16(22)17-2)8-10-7-11(20(23)24)3-4-13(10)19(14)5-6-25-9/h3-4,7,9,12,14H,5-6,8H2,1-2H3,(H2,17,18,21,22)/t9-,12?,14?/m0/s1. The normalized spacial score (nSPS) is 24.7. The molecule has 134 valence electrons. The smallest absolute Gasteiger partial charge is 0.321 e. The van der Waals surface area contributed by atoms with Crippen molar-refractivity contribution in [1.82, 2.24) is 10.6 Å². The summed E-state index contributed by atoms with van der Waals surface area (Å²) in [6.45, 7) is 2.99. The van der Waals surface area contributed by atoms with Crippen molar-refractivity contribution in [2.45, 2.75) is 25.5 Å². The van der Waals surface area contributed by atoms with Crippen LogP contribution in [0.1, 0.15) is 12.5 Å². The summed E-state index contributed by atoms with van der Waals surface area (Å²) in [6, 6.07) is 3.90. The van der Waals surface area contributed by atoms with E-state index < -0.39 is 22.8 Å². The molecule has 25 heavy (non-hydrogen) atoms. The second kappa shape index (κ2) is 6.67. The quantitative estimate of drug-likeness (QED) is 0.604. The molecule has 0 saturated carbocycles. The van der Waals surface area contributed by atoms with Crippen molar-refractivity contribution in [2.24, 2.45) is 5.92 Å². The van der Waals surface area contributed by atoms with E-state index >= 15 is 0 Å². The summed E-state index contributed by atoms with van der Waals surface area (Å²) in [4.78, 5) is 36.8. The van der Waals surface area contributed by atoms with Gasteiger partial charge in [-0.1, -0.05) is 0 Å². The number of carbonyl (C=O) groups is 2. The zero-order valence-electron chi connectivity index (χ0n) is 14.0. The van der Waals surface area contributed by atoms with E-state index in [4.69, 9.17) is 4.74 Å². The molecule has 3 atom stereocenters. The third-order valence-corrected chi connectivity index (χ3v) is 4.79. The predicted octanol–water partition coefficient (Wildman–Crippen LogP) is 0.816. The molecule has 0 spiro atoms. The molecule has 2 N–H and O–H groups in total. The Morgan fingerprint density at radius 2 is 2.16 bits per heavy atom. The minimum absolute atomic E-state index is 0.0102. The largest absolute Gasteiger partial charge is 0.375 e. The van der Waals surface area contributed by atoms with E-state index in [1.54, 1.807) is 6.07 Å². The van der Waals surface area contributed by atoms with Crippen molar-refractivity contribution in [3.05, 3.63) is 33.9 Å². The molecule has 2 unspecified atom stereocenters. The first-order chi connectivity index (χ1) is 11.9. The SMILES string of the molecule is CNC(=O)NC(=O)C1Cc2cc([N+](=O)[O-])ccc2N2CCO[C@@H](C)C12. The minimum Gasteiger partial charge on any atom is -0.375 e. The number of carbonyl (C=O) groups excluding carboxylic acids is 2. The van der Waals surface area contributed by atoms with Gasteiger partial charge in [0.1, 0.15) is 0 Å². The molecule has 1 fully saturated rings. The van der Waals surface area contributed by atoms with Crippen LogP contribution in [0.4, 0.5) is 16.2 Å². The first kappa shape index (κ1) is 17.2. The number of morpholine rings is 1. The molecule has 2 aliphatic rings. The summed E-state index contributed by atoms with van der Waals surface area (Å²) in [5.41, 5.74) is 1.61. The number of hydrogen-bond acceptors (Lipinski definition) is 6. The van der Waals surface area contributed by atoms with E-state index in [2.05, 4.69) is 15.5 Å². The van der Waals surface area contributed by atoms with Gasteiger partial charge < -0.3 is 15.0 Å². The molecular weight excluding hydrogens is 328 g/mol. The van der Waals surface area contributed by atoms with Crippen LogP contribution < -0.4 is 15.5 Å². The van der Waals surface area contributed by atoms with E-state index in [-0.39, 0.29) is 17.8 Å². The number of rotatable bonds is 2. The van der Waals surface area contributed by atoms with Crippen LogP contribution in [0, 0.1) is 16.0 Å². The van der Waals surface area contributed by atoms with Gasteiger partial charge in [-0.15, -0.1) is 0 Å². The number of non-ortho nitro benzene ring substituents is 1. The Morgan fingerprint density at radius 3 is 2.84 bits per heavy atom. The first-order valence-corrected chi connectivity index (χ1v) is 8.10. The molecule has 1 aromatic rings. The van der Waals surface area contributed by atoms with Gasteiger partial charge in [0, 0.05) is 31.4 Å². The van der Waals surface area contributed by atoms with Gasteiger partial charge in [0.2, 0.25) is 5.91 Å². The average Bonchev–Trinajstić information content (AvgIpc) is 2.60. The summed E-state index contributed by atoms with van der Waals surface area (Å²) < 4.78 is 5.71. The van der Waals surface area contributed by atoms with E-state index in [0.29, 0.717) is 19.6 Å². The van der Waals surface area contributed by atoms with E-state index in [9.17, 15) is 19.7 Å². The average molecular weight is 348 g/mol. The van der Waals surface area contributed by atoms with Crippen LogP contribution in [0.5, 0.6) is 0 Å². The zero-order valence-corrected chi connectivity index (χ0v) is 14.0. The number of nitro benzene ring substituents is 1. The van der Waals surface area contributed by atoms with Gasteiger partial charge in [-0.2, -0.15) is 0 Å². The lowest BCUT2D eigenvalue weighted by atomic mass is 9.81. The monoisotopic (exact) mass is 348 g/mol. The Bertz CT molecular complexity index is 722. The van der Waals surface area contributed by atoms with Gasteiger partial charge in [-0.3, -0.25) is 20.2 Å². The lowest BCUT2D eigenvalue weighted by molar-refractivity contribution is -0.384. The number of ether oxygens (including phenoxy) is 1. The minimum atomic E-state index is -0.578. The molecule has 0 aromatic heterocycles. The van der Waals surface area contributed by atoms with E-state index in [1.165, 1.54) is 19.2 Å². The van der Waals surface area contributed by atoms with Crippen molar-refractivity contribution in [3.8, 4) is 0 Å². The number of hydrogen-bond donors (Lipinski definition) is 2. The van der Waals surface area contributed by atoms with Gasteiger partial charge in [-0.05, 0) is 25.0 Å². The third-order valence-electron chi connectivity index (χ3n) is 4.79. The number of benzene rings is 1. The fourth-order valence-corrected chi connectivity index (χ4v) is 3.67. The number of urea groups is 1. The highest BCUT2D eigenvalue weighted by Crippen LogP contribution is 2.39. The van der Waals surface area contributed by atoms with Crippen LogP contribution in [0.2, 0.25) is 0 Å². The lowest BCUT2D eigenvalue weighted by Crippen LogP contribution is -2.60. The highest BCUT2D eigenvalue weighted by atomic mass is 16.6. The summed E-state index contributed by atoms with van der Waals surface area (Å²) in [5.74, 6) is -0.953. The second-order valence-electron chi connectivity index (χ2n) is 6.21. The Kier molecular flexibility index (Phi) is 4.58. The molecule has 2 aliphatic heterocycles. The number of nitrogens with one attached hydrogen (secondary N) is 2. The van der Waals surface area contributed by atoms with Crippen LogP contribution in [-0.4, -0.2) is 49.2 Å². The first-order valence-electron chi connectivity index (χ1n) is 8.10. The molecule has 0 radical (unpaired) electrons. The van der Waals surface area contributed by atoms with Crippen LogP contribution in [0.15, 0.2) is 18.2 Å². The van der Waals surface area contributed by atoms with Crippen molar-refractivity contribution in [2.75, 3.05) is 25.1 Å². The summed E-state index contributed by atoms with van der Waals surface area (Å²) in [7, 11) is 1.43. The maximum absolute atomic E-state index is 12.6. The van der Waals surface area contributed by atoms with Gasteiger partial charge in [-0.25, -0.2) is 4.79 Å². The van der Waals surface area contributed by atoms with Crippen LogP contribution in [0.3, 0.4) is 0 Å². The summed E-state index contributed by atoms with van der Waals surface area (Å²) >= 11 is 0. The number of amides is 3. The number of anilines is 1. The second-order valence-corrected chi connectivity index (χ2v) is 6.21. The van der Waals surface area contributed by atoms with E-state index in [1.807, 2.05) is 6.92 Å². The fourth-order valence-electron chi connectivity index (χ4n) is 3.67. The predicted molar refractivity (Wildman–Crippen MR) is 89.4 cm³/mol. The Balaban J connectivity index is 1.98. The van der Waals surface area contributed by atoms with Crippen molar-refractivity contribution in [3.63, 3.8) is 0 Å². The molecule has 9 heteroatoms. The topological polar surface area (TPSA) is 114 Å². The van der Waals surface area contributed by atoms with Crippen LogP contribution in [-0.2, 0) is 16.0 Å². The maximum atomic E-state index is 12.6. The lowest BCUT2D eigenvalue weighted by Gasteiger charge is -2.48. The molecule has 0 bridgehead atoms. The maximum Gasteiger partial charge on any atom is 0.321 e. The number of nitrogens with zero attached hydrogens (tertiary/aromatic N) is 2. The molecule has 0 aliphatic carbocycles. The Hall–Kier alpha value is -2.68. The van der Waals surface area contributed by atoms with Gasteiger partial charge in [0.05, 0.1) is 29.6 Å².